The first-order valence-corrected chi connectivity index (χ1v) is 7.17. The predicted octanol–water partition coefficient (Wildman–Crippen LogP) is 3.67. The Morgan fingerprint density at radius 2 is 2.10 bits per heavy atom. The summed E-state index contributed by atoms with van der Waals surface area (Å²) < 4.78 is 0. The van der Waals surface area contributed by atoms with Crippen LogP contribution in [-0.2, 0) is 11.2 Å². The van der Waals surface area contributed by atoms with Crippen LogP contribution in [0.5, 0.6) is 0 Å². The van der Waals surface area contributed by atoms with Gasteiger partial charge in [0, 0.05) is 11.3 Å². The molecule has 1 aromatic carbocycles. The zero-order valence-electron chi connectivity index (χ0n) is 10.4. The van der Waals surface area contributed by atoms with Crippen molar-refractivity contribution in [3.63, 3.8) is 0 Å². The first-order chi connectivity index (χ1) is 9.56. The van der Waals surface area contributed by atoms with Gasteiger partial charge >= 0.3 is 5.97 Å². The van der Waals surface area contributed by atoms with Crippen LogP contribution in [0.25, 0.3) is 0 Å². The van der Waals surface area contributed by atoms with E-state index < -0.39 is 5.97 Å². The van der Waals surface area contributed by atoms with Crippen molar-refractivity contribution in [2.75, 3.05) is 5.32 Å². The summed E-state index contributed by atoms with van der Waals surface area (Å²) >= 11 is 7.55. The molecule has 0 bridgehead atoms. The molecular weight excluding hydrogens is 298 g/mol. The maximum absolute atomic E-state index is 11.8. The second kappa shape index (κ2) is 6.54. The van der Waals surface area contributed by atoms with Crippen molar-refractivity contribution >= 4 is 40.5 Å². The van der Waals surface area contributed by atoms with E-state index in [1.54, 1.807) is 11.3 Å². The fourth-order valence-corrected chi connectivity index (χ4v) is 2.59. The van der Waals surface area contributed by atoms with Crippen LogP contribution in [0.15, 0.2) is 35.7 Å². The third-order valence-electron chi connectivity index (χ3n) is 2.67. The minimum Gasteiger partial charge on any atom is -0.478 e. The smallest absolute Gasteiger partial charge is 0.335 e. The number of aromatic carboxylic acids is 1. The van der Waals surface area contributed by atoms with E-state index in [1.165, 1.54) is 18.2 Å². The standard InChI is InChI=1S/C14H12ClNO3S/c15-11-8-9(14(18)19)3-5-12(11)16-13(17)6-4-10-2-1-7-20-10/h1-3,5,7-8H,4,6H2,(H,16,17)(H,18,19). The van der Waals surface area contributed by atoms with Crippen LogP contribution in [0, 0.1) is 0 Å². The summed E-state index contributed by atoms with van der Waals surface area (Å²) in [5.41, 5.74) is 0.513. The van der Waals surface area contributed by atoms with E-state index in [1.807, 2.05) is 17.5 Å². The number of hydrogen-bond acceptors (Lipinski definition) is 3. The minimum absolute atomic E-state index is 0.0894. The Labute approximate surface area is 125 Å². The Bertz CT molecular complexity index is 625. The summed E-state index contributed by atoms with van der Waals surface area (Å²) in [5, 5.41) is 13.7. The Hall–Kier alpha value is -1.85. The number of carbonyl (C=O) groups is 2. The molecule has 0 aliphatic heterocycles. The maximum Gasteiger partial charge on any atom is 0.335 e. The average Bonchev–Trinajstić information content (AvgIpc) is 2.91. The van der Waals surface area contributed by atoms with Crippen LogP contribution in [0.1, 0.15) is 21.7 Å². The van der Waals surface area contributed by atoms with Gasteiger partial charge in [0.25, 0.3) is 0 Å². The lowest BCUT2D eigenvalue weighted by Crippen LogP contribution is -2.12. The first kappa shape index (κ1) is 14.6. The highest BCUT2D eigenvalue weighted by molar-refractivity contribution is 7.09. The number of hydrogen-bond donors (Lipinski definition) is 2. The fraction of sp³-hybridized carbons (Fsp3) is 0.143. The third kappa shape index (κ3) is 3.82. The van der Waals surface area contributed by atoms with Gasteiger partial charge in [-0.15, -0.1) is 11.3 Å². The molecule has 0 spiro atoms. The van der Waals surface area contributed by atoms with E-state index in [0.717, 1.165) is 4.88 Å². The summed E-state index contributed by atoms with van der Waals surface area (Å²) in [6, 6.07) is 8.14. The van der Waals surface area contributed by atoms with Crippen molar-refractivity contribution < 1.29 is 14.7 Å². The molecule has 2 rings (SSSR count). The number of nitrogens with one attached hydrogen (secondary N) is 1. The molecule has 4 nitrogen and oxygen atoms in total. The van der Waals surface area contributed by atoms with Gasteiger partial charge in [-0.05, 0) is 36.1 Å². The van der Waals surface area contributed by atoms with Crippen LogP contribution in [0.2, 0.25) is 5.02 Å². The molecule has 0 fully saturated rings. The van der Waals surface area contributed by atoms with E-state index in [-0.39, 0.29) is 16.5 Å². The summed E-state index contributed by atoms with van der Waals surface area (Å²) in [4.78, 5) is 23.7. The lowest BCUT2D eigenvalue weighted by atomic mass is 10.2. The van der Waals surface area contributed by atoms with Crippen molar-refractivity contribution in [2.45, 2.75) is 12.8 Å². The SMILES string of the molecule is O=C(CCc1cccs1)Nc1ccc(C(=O)O)cc1Cl. The number of benzene rings is 1. The number of carboxylic acid groups (broad SMARTS) is 1. The second-order valence-electron chi connectivity index (χ2n) is 4.13. The molecule has 0 saturated heterocycles. The van der Waals surface area contributed by atoms with Crippen LogP contribution in [0.3, 0.4) is 0 Å². The van der Waals surface area contributed by atoms with Crippen LogP contribution in [0.4, 0.5) is 5.69 Å². The van der Waals surface area contributed by atoms with Crippen molar-refractivity contribution in [3.05, 3.63) is 51.2 Å². The highest BCUT2D eigenvalue weighted by Crippen LogP contribution is 2.23. The zero-order valence-corrected chi connectivity index (χ0v) is 12.0. The van der Waals surface area contributed by atoms with Crippen molar-refractivity contribution in [2.24, 2.45) is 0 Å². The van der Waals surface area contributed by atoms with Crippen molar-refractivity contribution in [3.8, 4) is 0 Å². The molecule has 6 heteroatoms. The number of rotatable bonds is 5. The van der Waals surface area contributed by atoms with Gasteiger partial charge in [-0.1, -0.05) is 17.7 Å². The minimum atomic E-state index is -1.05. The number of carbonyl (C=O) groups excluding carboxylic acids is 1. The molecule has 0 saturated carbocycles. The highest BCUT2D eigenvalue weighted by atomic mass is 35.5. The van der Waals surface area contributed by atoms with Gasteiger partial charge in [0.15, 0.2) is 0 Å². The number of aryl methyl sites for hydroxylation is 1. The van der Waals surface area contributed by atoms with Gasteiger partial charge in [-0.25, -0.2) is 4.79 Å². The predicted molar refractivity (Wildman–Crippen MR) is 79.7 cm³/mol. The molecule has 0 unspecified atom stereocenters. The van der Waals surface area contributed by atoms with Gasteiger partial charge < -0.3 is 10.4 Å². The van der Waals surface area contributed by atoms with Gasteiger partial charge in [0.2, 0.25) is 5.91 Å². The van der Waals surface area contributed by atoms with Gasteiger partial charge in [0.05, 0.1) is 16.3 Å². The lowest BCUT2D eigenvalue weighted by Gasteiger charge is -2.07. The van der Waals surface area contributed by atoms with Gasteiger partial charge in [-0.2, -0.15) is 0 Å². The monoisotopic (exact) mass is 309 g/mol. The van der Waals surface area contributed by atoms with E-state index in [9.17, 15) is 9.59 Å². The number of amides is 1. The topological polar surface area (TPSA) is 66.4 Å². The summed E-state index contributed by atoms with van der Waals surface area (Å²) in [6.45, 7) is 0. The number of anilines is 1. The first-order valence-electron chi connectivity index (χ1n) is 5.91. The molecule has 0 radical (unpaired) electrons. The Balaban J connectivity index is 1.95. The Morgan fingerprint density at radius 1 is 1.30 bits per heavy atom. The van der Waals surface area contributed by atoms with Crippen molar-refractivity contribution in [1.29, 1.82) is 0 Å². The average molecular weight is 310 g/mol. The summed E-state index contributed by atoms with van der Waals surface area (Å²) in [7, 11) is 0. The van der Waals surface area contributed by atoms with E-state index >= 15 is 0 Å². The third-order valence-corrected chi connectivity index (χ3v) is 3.92. The summed E-state index contributed by atoms with van der Waals surface area (Å²) in [6.07, 6.45) is 1.03. The van der Waals surface area contributed by atoms with Gasteiger partial charge in [-0.3, -0.25) is 4.79 Å². The fourth-order valence-electron chi connectivity index (χ4n) is 1.65. The van der Waals surface area contributed by atoms with Crippen LogP contribution in [-0.4, -0.2) is 17.0 Å². The largest absolute Gasteiger partial charge is 0.478 e. The van der Waals surface area contributed by atoms with Crippen LogP contribution < -0.4 is 5.32 Å². The molecule has 104 valence electrons. The molecule has 2 aromatic rings. The van der Waals surface area contributed by atoms with E-state index in [4.69, 9.17) is 16.7 Å². The van der Waals surface area contributed by atoms with E-state index in [0.29, 0.717) is 18.5 Å². The van der Waals surface area contributed by atoms with Crippen molar-refractivity contribution in [1.82, 2.24) is 0 Å². The molecule has 1 amide bonds. The van der Waals surface area contributed by atoms with Gasteiger partial charge in [0.1, 0.15) is 0 Å². The maximum atomic E-state index is 11.8. The number of carboxylic acids is 1. The molecule has 1 aromatic heterocycles. The van der Waals surface area contributed by atoms with E-state index in [2.05, 4.69) is 5.32 Å². The normalized spacial score (nSPS) is 10.2. The molecule has 0 atom stereocenters. The number of halogens is 1. The summed E-state index contributed by atoms with van der Waals surface area (Å²) in [5.74, 6) is -1.20. The molecule has 0 aliphatic carbocycles. The molecule has 2 N–H and O–H groups in total. The lowest BCUT2D eigenvalue weighted by molar-refractivity contribution is -0.116. The quantitative estimate of drug-likeness (QED) is 0.885. The van der Waals surface area contributed by atoms with Crippen LogP contribution >= 0.6 is 22.9 Å². The highest BCUT2D eigenvalue weighted by Gasteiger charge is 2.10. The second-order valence-corrected chi connectivity index (χ2v) is 5.57. The molecule has 0 aliphatic rings. The zero-order chi connectivity index (χ0) is 14.5. The molecular formula is C14H12ClNO3S. The Morgan fingerprint density at radius 3 is 2.70 bits per heavy atom. The molecule has 20 heavy (non-hydrogen) atoms. The Kier molecular flexibility index (Phi) is 4.76. The molecule has 1 heterocycles. The number of thiophene rings is 1.